The van der Waals surface area contributed by atoms with Gasteiger partial charge in [-0.3, -0.25) is 9.56 Å². The molecule has 2 rings (SSSR count). The fourth-order valence-corrected chi connectivity index (χ4v) is 2.58. The number of hydrogen-bond acceptors (Lipinski definition) is 4. The van der Waals surface area contributed by atoms with Crippen molar-refractivity contribution in [2.45, 2.75) is 19.4 Å². The molecule has 0 spiro atoms. The first-order valence-corrected chi connectivity index (χ1v) is 9.09. The molecule has 2 aromatic heterocycles. The molecule has 2 aromatic rings. The molecular formula is C16H24N6S. The summed E-state index contributed by atoms with van der Waals surface area (Å²) < 4.78 is 1.89. The lowest BCUT2D eigenvalue weighted by atomic mass is 10.2. The highest BCUT2D eigenvalue weighted by Gasteiger charge is 2.01. The Bertz CT molecular complexity index is 596. The van der Waals surface area contributed by atoms with Crippen LogP contribution < -0.4 is 10.6 Å². The van der Waals surface area contributed by atoms with Crippen molar-refractivity contribution in [1.82, 2.24) is 25.2 Å². The summed E-state index contributed by atoms with van der Waals surface area (Å²) in [5.74, 6) is 2.90. The van der Waals surface area contributed by atoms with Gasteiger partial charge in [-0.15, -0.1) is 0 Å². The maximum Gasteiger partial charge on any atom is 0.191 e. The van der Waals surface area contributed by atoms with E-state index in [0.29, 0.717) is 6.54 Å². The summed E-state index contributed by atoms with van der Waals surface area (Å²) in [6.45, 7) is 1.64. The minimum absolute atomic E-state index is 0.703. The Morgan fingerprint density at radius 3 is 2.96 bits per heavy atom. The number of unbranched alkanes of at least 4 members (excludes halogenated alkanes) is 1. The lowest BCUT2D eigenvalue weighted by Crippen LogP contribution is -2.37. The molecule has 0 fully saturated rings. The summed E-state index contributed by atoms with van der Waals surface area (Å²) in [5.41, 5.74) is 1.15. The third kappa shape index (κ3) is 5.94. The van der Waals surface area contributed by atoms with E-state index in [2.05, 4.69) is 31.8 Å². The highest BCUT2D eigenvalue weighted by atomic mass is 32.2. The third-order valence-electron chi connectivity index (χ3n) is 3.33. The minimum atomic E-state index is 0.703. The predicted molar refractivity (Wildman–Crippen MR) is 97.2 cm³/mol. The van der Waals surface area contributed by atoms with Crippen LogP contribution >= 0.6 is 11.8 Å². The monoisotopic (exact) mass is 332 g/mol. The number of rotatable bonds is 8. The lowest BCUT2D eigenvalue weighted by Gasteiger charge is -2.12. The lowest BCUT2D eigenvalue weighted by molar-refractivity contribution is 0.732. The quantitative estimate of drug-likeness (QED) is 0.440. The number of guanidine groups is 1. The fourth-order valence-electron chi connectivity index (χ4n) is 2.09. The molecular weight excluding hydrogens is 308 g/mol. The molecule has 0 aliphatic heterocycles. The van der Waals surface area contributed by atoms with Gasteiger partial charge in [-0.1, -0.05) is 0 Å². The molecule has 0 saturated carbocycles. The normalized spacial score (nSPS) is 11.5. The first-order valence-electron chi connectivity index (χ1n) is 7.70. The number of aliphatic imine (C=N–C) groups is 1. The average Bonchev–Trinajstić information content (AvgIpc) is 3.12. The molecule has 0 aliphatic carbocycles. The Balaban J connectivity index is 1.81. The Kier molecular flexibility index (Phi) is 7.45. The number of nitrogens with one attached hydrogen (secondary N) is 2. The summed E-state index contributed by atoms with van der Waals surface area (Å²) in [4.78, 5) is 12.7. The van der Waals surface area contributed by atoms with Gasteiger partial charge in [-0.2, -0.15) is 11.8 Å². The van der Waals surface area contributed by atoms with E-state index in [1.165, 1.54) is 12.2 Å². The Morgan fingerprint density at radius 2 is 2.22 bits per heavy atom. The molecule has 2 heterocycles. The first-order chi connectivity index (χ1) is 11.3. The largest absolute Gasteiger partial charge is 0.356 e. The fraction of sp³-hybridized carbons (Fsp3) is 0.438. The second-order valence-electron chi connectivity index (χ2n) is 5.04. The highest BCUT2D eigenvalue weighted by Crippen LogP contribution is 2.06. The number of hydrogen-bond donors (Lipinski definition) is 2. The van der Waals surface area contributed by atoms with E-state index < -0.39 is 0 Å². The summed E-state index contributed by atoms with van der Waals surface area (Å²) in [6.07, 6.45) is 11.7. The van der Waals surface area contributed by atoms with Crippen LogP contribution in [-0.2, 0) is 6.54 Å². The van der Waals surface area contributed by atoms with Crippen LogP contribution in [-0.4, -0.2) is 46.1 Å². The van der Waals surface area contributed by atoms with Gasteiger partial charge in [0.1, 0.15) is 12.1 Å². The zero-order valence-electron chi connectivity index (χ0n) is 13.7. The highest BCUT2D eigenvalue weighted by molar-refractivity contribution is 7.98. The van der Waals surface area contributed by atoms with E-state index in [4.69, 9.17) is 0 Å². The van der Waals surface area contributed by atoms with Gasteiger partial charge in [0.25, 0.3) is 0 Å². The Labute approximate surface area is 141 Å². The Morgan fingerprint density at radius 1 is 1.30 bits per heavy atom. The van der Waals surface area contributed by atoms with Crippen LogP contribution in [0.5, 0.6) is 0 Å². The van der Waals surface area contributed by atoms with Gasteiger partial charge in [0.2, 0.25) is 0 Å². The van der Waals surface area contributed by atoms with Gasteiger partial charge in [0.05, 0.1) is 0 Å². The molecule has 0 aromatic carbocycles. The van der Waals surface area contributed by atoms with Crippen LogP contribution in [0, 0.1) is 0 Å². The molecule has 0 amide bonds. The molecule has 0 aliphatic rings. The number of thioether (sulfide) groups is 1. The van der Waals surface area contributed by atoms with E-state index in [1.807, 2.05) is 40.9 Å². The predicted octanol–water partition coefficient (Wildman–Crippen LogP) is 2.08. The van der Waals surface area contributed by atoms with Crippen LogP contribution in [0.3, 0.4) is 0 Å². The van der Waals surface area contributed by atoms with Gasteiger partial charge in [0.15, 0.2) is 5.96 Å². The van der Waals surface area contributed by atoms with Crippen molar-refractivity contribution in [2.24, 2.45) is 4.99 Å². The van der Waals surface area contributed by atoms with Gasteiger partial charge < -0.3 is 10.6 Å². The van der Waals surface area contributed by atoms with Crippen molar-refractivity contribution in [3.05, 3.63) is 42.6 Å². The van der Waals surface area contributed by atoms with Crippen LogP contribution in [0.4, 0.5) is 0 Å². The molecule has 0 saturated heterocycles. The molecule has 0 bridgehead atoms. The Hall–Kier alpha value is -2.02. The number of aromatic nitrogens is 3. The molecule has 2 N–H and O–H groups in total. The van der Waals surface area contributed by atoms with E-state index in [1.54, 1.807) is 19.6 Å². The van der Waals surface area contributed by atoms with Crippen molar-refractivity contribution in [3.63, 3.8) is 0 Å². The number of nitrogens with zero attached hydrogens (tertiary/aromatic N) is 4. The molecule has 6 nitrogen and oxygen atoms in total. The van der Waals surface area contributed by atoms with Crippen LogP contribution in [0.25, 0.3) is 5.82 Å². The van der Waals surface area contributed by atoms with Crippen LogP contribution in [0.15, 0.2) is 42.0 Å². The third-order valence-corrected chi connectivity index (χ3v) is 4.03. The van der Waals surface area contributed by atoms with Gasteiger partial charge in [0, 0.05) is 38.7 Å². The molecule has 0 unspecified atom stereocenters. The average molecular weight is 332 g/mol. The van der Waals surface area contributed by atoms with Crippen LogP contribution in [0.2, 0.25) is 0 Å². The second-order valence-corrected chi connectivity index (χ2v) is 6.03. The smallest absolute Gasteiger partial charge is 0.191 e. The zero-order valence-corrected chi connectivity index (χ0v) is 14.5. The van der Waals surface area contributed by atoms with Crippen molar-refractivity contribution in [1.29, 1.82) is 0 Å². The summed E-state index contributed by atoms with van der Waals surface area (Å²) in [7, 11) is 1.79. The van der Waals surface area contributed by atoms with Gasteiger partial charge >= 0.3 is 0 Å². The van der Waals surface area contributed by atoms with E-state index in [0.717, 1.165) is 30.3 Å². The molecule has 124 valence electrons. The number of pyridine rings is 1. The molecule has 23 heavy (non-hydrogen) atoms. The first kappa shape index (κ1) is 17.3. The number of imidazole rings is 1. The molecule has 7 heteroatoms. The van der Waals surface area contributed by atoms with Gasteiger partial charge in [-0.05, 0) is 42.5 Å². The maximum atomic E-state index is 4.35. The second kappa shape index (κ2) is 9.89. The van der Waals surface area contributed by atoms with Gasteiger partial charge in [-0.25, -0.2) is 9.97 Å². The maximum absolute atomic E-state index is 4.35. The zero-order chi connectivity index (χ0) is 16.3. The summed E-state index contributed by atoms with van der Waals surface area (Å²) in [6, 6.07) is 4.04. The van der Waals surface area contributed by atoms with Crippen molar-refractivity contribution in [3.8, 4) is 5.82 Å². The molecule has 0 atom stereocenters. The van der Waals surface area contributed by atoms with Crippen molar-refractivity contribution < 1.29 is 0 Å². The summed E-state index contributed by atoms with van der Waals surface area (Å²) in [5, 5.41) is 6.67. The van der Waals surface area contributed by atoms with E-state index >= 15 is 0 Å². The molecule has 0 radical (unpaired) electrons. The van der Waals surface area contributed by atoms with Crippen molar-refractivity contribution >= 4 is 17.7 Å². The van der Waals surface area contributed by atoms with Crippen LogP contribution in [0.1, 0.15) is 18.4 Å². The topological polar surface area (TPSA) is 67.1 Å². The minimum Gasteiger partial charge on any atom is -0.356 e. The standard InChI is InChI=1S/C16H24N6S/c1-17-16(20-6-3-4-10-23-2)21-12-14-5-7-19-15(11-14)22-9-8-18-13-22/h5,7-9,11,13H,3-4,6,10,12H2,1-2H3,(H2,17,20,21). The van der Waals surface area contributed by atoms with E-state index in [9.17, 15) is 0 Å². The SMILES string of the molecule is CN=C(NCCCCSC)NCc1ccnc(-n2ccnc2)c1. The van der Waals surface area contributed by atoms with Crippen molar-refractivity contribution in [2.75, 3.05) is 25.6 Å². The summed E-state index contributed by atoms with van der Waals surface area (Å²) >= 11 is 1.89. The van der Waals surface area contributed by atoms with E-state index in [-0.39, 0.29) is 0 Å².